The van der Waals surface area contributed by atoms with E-state index in [9.17, 15) is 4.79 Å². The molecule has 0 radical (unpaired) electrons. The number of nitrogens with one attached hydrogen (secondary N) is 2. The van der Waals surface area contributed by atoms with Gasteiger partial charge in [0.15, 0.2) is 0 Å². The summed E-state index contributed by atoms with van der Waals surface area (Å²) in [6.07, 6.45) is 1.42. The highest BCUT2D eigenvalue weighted by Crippen LogP contribution is 2.23. The van der Waals surface area contributed by atoms with Crippen LogP contribution in [0.25, 0.3) is 0 Å². The van der Waals surface area contributed by atoms with Crippen LogP contribution in [0.3, 0.4) is 0 Å². The van der Waals surface area contributed by atoms with Crippen molar-refractivity contribution in [2.24, 2.45) is 0 Å². The maximum Gasteiger partial charge on any atom is 0.323 e. The highest BCUT2D eigenvalue weighted by molar-refractivity contribution is 6.00. The summed E-state index contributed by atoms with van der Waals surface area (Å²) in [7, 11) is 2.91. The van der Waals surface area contributed by atoms with Crippen molar-refractivity contribution in [3.63, 3.8) is 0 Å². The van der Waals surface area contributed by atoms with Gasteiger partial charge < -0.3 is 20.1 Å². The number of carbonyl (C=O) groups is 1. The number of urea groups is 1. The molecule has 2 N–H and O–H groups in total. The largest absolute Gasteiger partial charge is 0.479 e. The number of benzene rings is 1. The molecule has 0 unspecified atom stereocenters. The number of carbonyl (C=O) groups excluding carboxylic acids is 1. The van der Waals surface area contributed by atoms with E-state index in [1.165, 1.54) is 20.4 Å². The standard InChI is InChI=1S/C15H18N4O3/c1-9-6-5-7-11(10(9)2)17-14(20)18-12-8-16-15(22-4)19-13(12)21-3/h5-8H,1-4H3,(H2,17,18,20). The van der Waals surface area contributed by atoms with E-state index in [1.807, 2.05) is 32.0 Å². The van der Waals surface area contributed by atoms with Gasteiger partial charge in [-0.1, -0.05) is 12.1 Å². The number of amides is 2. The first-order valence-electron chi connectivity index (χ1n) is 6.64. The highest BCUT2D eigenvalue weighted by atomic mass is 16.5. The zero-order chi connectivity index (χ0) is 16.1. The minimum absolute atomic E-state index is 0.164. The first-order valence-corrected chi connectivity index (χ1v) is 6.64. The van der Waals surface area contributed by atoms with Crippen molar-refractivity contribution in [3.8, 4) is 11.9 Å². The zero-order valence-corrected chi connectivity index (χ0v) is 12.9. The second kappa shape index (κ2) is 6.75. The second-order valence-corrected chi connectivity index (χ2v) is 4.61. The molecule has 0 fully saturated rings. The quantitative estimate of drug-likeness (QED) is 0.907. The molecule has 0 aliphatic rings. The zero-order valence-electron chi connectivity index (χ0n) is 12.9. The lowest BCUT2D eigenvalue weighted by molar-refractivity contribution is 0.262. The Balaban J connectivity index is 2.14. The summed E-state index contributed by atoms with van der Waals surface area (Å²) in [5.74, 6) is 0.225. The fourth-order valence-electron chi connectivity index (χ4n) is 1.85. The Labute approximate surface area is 128 Å². The van der Waals surface area contributed by atoms with Crippen molar-refractivity contribution in [3.05, 3.63) is 35.5 Å². The van der Waals surface area contributed by atoms with E-state index in [-0.39, 0.29) is 11.9 Å². The van der Waals surface area contributed by atoms with Gasteiger partial charge in [-0.3, -0.25) is 0 Å². The number of anilines is 2. The van der Waals surface area contributed by atoms with Gasteiger partial charge in [0.1, 0.15) is 5.69 Å². The van der Waals surface area contributed by atoms with Crippen LogP contribution in [0.5, 0.6) is 11.9 Å². The van der Waals surface area contributed by atoms with Crippen molar-refractivity contribution >= 4 is 17.4 Å². The van der Waals surface area contributed by atoms with Gasteiger partial charge in [-0.2, -0.15) is 4.98 Å². The molecule has 0 spiro atoms. The third kappa shape index (κ3) is 3.43. The Bertz CT molecular complexity index is 688. The molecule has 0 atom stereocenters. The SMILES string of the molecule is COc1ncc(NC(=O)Nc2cccc(C)c2C)c(OC)n1. The van der Waals surface area contributed by atoms with E-state index in [2.05, 4.69) is 20.6 Å². The molecule has 1 aromatic heterocycles. The molecule has 0 aliphatic heterocycles. The predicted molar refractivity (Wildman–Crippen MR) is 83.7 cm³/mol. The van der Waals surface area contributed by atoms with Gasteiger partial charge in [0.05, 0.1) is 20.4 Å². The molecule has 2 aromatic rings. The lowest BCUT2D eigenvalue weighted by atomic mass is 10.1. The van der Waals surface area contributed by atoms with E-state index in [0.717, 1.165) is 16.8 Å². The third-order valence-electron chi connectivity index (χ3n) is 3.21. The minimum atomic E-state index is -0.402. The second-order valence-electron chi connectivity index (χ2n) is 4.61. The Morgan fingerprint density at radius 3 is 2.50 bits per heavy atom. The summed E-state index contributed by atoms with van der Waals surface area (Å²) in [6.45, 7) is 3.93. The maximum atomic E-state index is 12.1. The van der Waals surface area contributed by atoms with Gasteiger partial charge in [0.25, 0.3) is 0 Å². The predicted octanol–water partition coefficient (Wildman–Crippen LogP) is 2.75. The Hall–Kier alpha value is -2.83. The summed E-state index contributed by atoms with van der Waals surface area (Å²) < 4.78 is 10.0. The van der Waals surface area contributed by atoms with Crippen LogP contribution in [0.1, 0.15) is 11.1 Å². The first-order chi connectivity index (χ1) is 10.5. The number of aryl methyl sites for hydroxylation is 1. The minimum Gasteiger partial charge on any atom is -0.479 e. The van der Waals surface area contributed by atoms with Gasteiger partial charge in [0.2, 0.25) is 5.88 Å². The van der Waals surface area contributed by atoms with Gasteiger partial charge in [-0.05, 0) is 31.0 Å². The molecule has 0 aliphatic carbocycles. The lowest BCUT2D eigenvalue weighted by Crippen LogP contribution is -2.21. The molecule has 1 aromatic carbocycles. The third-order valence-corrected chi connectivity index (χ3v) is 3.21. The van der Waals surface area contributed by atoms with Crippen LogP contribution in [-0.2, 0) is 0 Å². The number of nitrogens with zero attached hydrogens (tertiary/aromatic N) is 2. The number of hydrogen-bond acceptors (Lipinski definition) is 5. The van der Waals surface area contributed by atoms with E-state index >= 15 is 0 Å². The van der Waals surface area contributed by atoms with Crippen LogP contribution in [0.4, 0.5) is 16.2 Å². The van der Waals surface area contributed by atoms with Crippen LogP contribution < -0.4 is 20.1 Å². The topological polar surface area (TPSA) is 85.4 Å². The first kappa shape index (κ1) is 15.6. The van der Waals surface area contributed by atoms with Crippen molar-refractivity contribution in [1.29, 1.82) is 0 Å². The molecule has 0 saturated carbocycles. The summed E-state index contributed by atoms with van der Waals surface area (Å²) in [4.78, 5) is 20.0. The molecule has 116 valence electrons. The summed E-state index contributed by atoms with van der Waals surface area (Å²) in [5.41, 5.74) is 3.20. The van der Waals surface area contributed by atoms with Gasteiger partial charge in [-0.15, -0.1) is 0 Å². The van der Waals surface area contributed by atoms with Crippen LogP contribution in [0.15, 0.2) is 24.4 Å². The summed E-state index contributed by atoms with van der Waals surface area (Å²) >= 11 is 0. The molecule has 1 heterocycles. The maximum absolute atomic E-state index is 12.1. The monoisotopic (exact) mass is 302 g/mol. The van der Waals surface area contributed by atoms with E-state index < -0.39 is 6.03 Å². The lowest BCUT2D eigenvalue weighted by Gasteiger charge is -2.12. The average molecular weight is 302 g/mol. The van der Waals surface area contributed by atoms with Crippen LogP contribution in [0.2, 0.25) is 0 Å². The van der Waals surface area contributed by atoms with E-state index in [0.29, 0.717) is 5.69 Å². The number of hydrogen-bond donors (Lipinski definition) is 2. The fraction of sp³-hybridized carbons (Fsp3) is 0.267. The van der Waals surface area contributed by atoms with Crippen molar-refractivity contribution in [1.82, 2.24) is 9.97 Å². The summed E-state index contributed by atoms with van der Waals surface area (Å²) in [5, 5.41) is 5.44. The molecular formula is C15H18N4O3. The van der Waals surface area contributed by atoms with Crippen molar-refractivity contribution < 1.29 is 14.3 Å². The molecule has 2 rings (SSSR count). The van der Waals surface area contributed by atoms with Gasteiger partial charge in [0, 0.05) is 5.69 Å². The Morgan fingerprint density at radius 1 is 1.09 bits per heavy atom. The van der Waals surface area contributed by atoms with Gasteiger partial charge >= 0.3 is 12.0 Å². The van der Waals surface area contributed by atoms with E-state index in [4.69, 9.17) is 9.47 Å². The van der Waals surface area contributed by atoms with Crippen LogP contribution >= 0.6 is 0 Å². The van der Waals surface area contributed by atoms with Gasteiger partial charge in [-0.25, -0.2) is 9.78 Å². The Kier molecular flexibility index (Phi) is 4.77. The van der Waals surface area contributed by atoms with Crippen LogP contribution in [0, 0.1) is 13.8 Å². The Morgan fingerprint density at radius 2 is 1.82 bits per heavy atom. The fourth-order valence-corrected chi connectivity index (χ4v) is 1.85. The molecule has 2 amide bonds. The number of methoxy groups -OCH3 is 2. The number of aromatic nitrogens is 2. The molecule has 22 heavy (non-hydrogen) atoms. The number of ether oxygens (including phenoxy) is 2. The normalized spacial score (nSPS) is 10.0. The summed E-state index contributed by atoms with van der Waals surface area (Å²) in [6, 6.07) is 5.47. The van der Waals surface area contributed by atoms with E-state index in [1.54, 1.807) is 0 Å². The highest BCUT2D eigenvalue weighted by Gasteiger charge is 2.12. The molecule has 0 saturated heterocycles. The van der Waals surface area contributed by atoms with Crippen molar-refractivity contribution in [2.45, 2.75) is 13.8 Å². The average Bonchev–Trinajstić information content (AvgIpc) is 2.52. The number of rotatable bonds is 4. The molecule has 0 bridgehead atoms. The molecule has 7 nitrogen and oxygen atoms in total. The van der Waals surface area contributed by atoms with Crippen LogP contribution in [-0.4, -0.2) is 30.2 Å². The molecule has 7 heteroatoms. The molecular weight excluding hydrogens is 284 g/mol. The van der Waals surface area contributed by atoms with Crippen molar-refractivity contribution in [2.75, 3.05) is 24.9 Å². The smallest absolute Gasteiger partial charge is 0.323 e.